The first kappa shape index (κ1) is 20.8. The minimum absolute atomic E-state index is 0.0381. The highest BCUT2D eigenvalue weighted by Gasteiger charge is 2.04. The van der Waals surface area contributed by atoms with Gasteiger partial charge >= 0.3 is 0 Å². The third kappa shape index (κ3) is 6.61. The van der Waals surface area contributed by atoms with Crippen molar-refractivity contribution in [3.63, 3.8) is 0 Å². The second-order valence-electron chi connectivity index (χ2n) is 6.64. The maximum Gasteiger partial charge on any atom is 0.223 e. The number of pyridine rings is 1. The highest BCUT2D eigenvalue weighted by atomic mass is 16.5. The van der Waals surface area contributed by atoms with Crippen LogP contribution in [0.3, 0.4) is 0 Å². The van der Waals surface area contributed by atoms with Crippen LogP contribution < -0.4 is 10.1 Å². The first-order valence-corrected chi connectivity index (χ1v) is 9.81. The molecule has 0 aliphatic rings. The third-order valence-corrected chi connectivity index (χ3v) is 4.41. The van der Waals surface area contributed by atoms with E-state index in [0.29, 0.717) is 23.6 Å². The molecule has 0 unspecified atom stereocenters. The van der Waals surface area contributed by atoms with Crippen LogP contribution >= 0.6 is 0 Å². The largest absolute Gasteiger partial charge is 0.493 e. The number of amides is 1. The predicted molar refractivity (Wildman–Crippen MR) is 117 cm³/mol. The van der Waals surface area contributed by atoms with Crippen molar-refractivity contribution in [2.45, 2.75) is 12.8 Å². The minimum atomic E-state index is -0.0381. The monoisotopic (exact) mass is 397 g/mol. The van der Waals surface area contributed by atoms with E-state index in [9.17, 15) is 10.1 Å². The predicted octanol–water partition coefficient (Wildman–Crippen LogP) is 4.27. The number of hydrogen-bond donors (Lipinski definition) is 1. The Balaban J connectivity index is 1.48. The highest BCUT2D eigenvalue weighted by Crippen LogP contribution is 2.19. The summed E-state index contributed by atoms with van der Waals surface area (Å²) < 4.78 is 5.71. The number of allylic oxidation sites excluding steroid dienone is 1. The van der Waals surface area contributed by atoms with Gasteiger partial charge in [-0.2, -0.15) is 5.26 Å². The Morgan fingerprint density at radius 2 is 1.90 bits per heavy atom. The van der Waals surface area contributed by atoms with Crippen LogP contribution in [0.1, 0.15) is 23.2 Å². The lowest BCUT2D eigenvalue weighted by Gasteiger charge is -2.08. The van der Waals surface area contributed by atoms with Crippen LogP contribution in [0, 0.1) is 11.3 Å². The fraction of sp³-hybridized carbons (Fsp3) is 0.160. The number of aromatic nitrogens is 1. The van der Waals surface area contributed by atoms with Gasteiger partial charge < -0.3 is 10.1 Å². The van der Waals surface area contributed by atoms with Gasteiger partial charge in [0.15, 0.2) is 0 Å². The van der Waals surface area contributed by atoms with E-state index in [2.05, 4.69) is 16.4 Å². The molecule has 5 nitrogen and oxygen atoms in total. The van der Waals surface area contributed by atoms with Crippen LogP contribution in [0.2, 0.25) is 0 Å². The van der Waals surface area contributed by atoms with Gasteiger partial charge in [-0.1, -0.05) is 48.5 Å². The van der Waals surface area contributed by atoms with Crippen molar-refractivity contribution in [3.8, 4) is 11.8 Å². The van der Waals surface area contributed by atoms with E-state index in [0.717, 1.165) is 12.0 Å². The van der Waals surface area contributed by atoms with Gasteiger partial charge in [0.05, 0.1) is 24.3 Å². The van der Waals surface area contributed by atoms with E-state index in [4.69, 9.17) is 4.74 Å². The summed E-state index contributed by atoms with van der Waals surface area (Å²) in [5.74, 6) is 0.614. The van der Waals surface area contributed by atoms with E-state index in [-0.39, 0.29) is 18.9 Å². The molecule has 0 atom stereocenters. The average Bonchev–Trinajstić information content (AvgIpc) is 2.79. The van der Waals surface area contributed by atoms with Crippen LogP contribution in [-0.4, -0.2) is 24.0 Å². The van der Waals surface area contributed by atoms with Crippen molar-refractivity contribution < 1.29 is 9.53 Å². The molecule has 1 aromatic heterocycles. The number of nitriles is 1. The molecule has 0 spiro atoms. The number of nitrogens with one attached hydrogen (secondary N) is 1. The van der Waals surface area contributed by atoms with Gasteiger partial charge in [-0.15, -0.1) is 0 Å². The molecule has 1 heterocycles. The molecule has 30 heavy (non-hydrogen) atoms. The molecule has 1 amide bonds. The van der Waals surface area contributed by atoms with Gasteiger partial charge in [-0.05, 0) is 47.9 Å². The van der Waals surface area contributed by atoms with E-state index in [1.165, 1.54) is 5.56 Å². The first-order chi connectivity index (χ1) is 14.7. The van der Waals surface area contributed by atoms with Crippen LogP contribution in [0.4, 0.5) is 0 Å². The summed E-state index contributed by atoms with van der Waals surface area (Å²) >= 11 is 0. The number of hydrogen-bond acceptors (Lipinski definition) is 4. The normalized spacial score (nSPS) is 10.8. The molecule has 3 rings (SSSR count). The van der Waals surface area contributed by atoms with Crippen LogP contribution in [-0.2, 0) is 11.2 Å². The number of ether oxygens (including phenoxy) is 1. The van der Waals surface area contributed by atoms with E-state index in [1.807, 2.05) is 66.7 Å². The molecule has 0 radical (unpaired) electrons. The minimum Gasteiger partial charge on any atom is -0.493 e. The molecule has 150 valence electrons. The van der Waals surface area contributed by atoms with Gasteiger partial charge in [0, 0.05) is 12.7 Å². The maximum atomic E-state index is 12.0. The summed E-state index contributed by atoms with van der Waals surface area (Å²) in [6.45, 7) is 0.892. The summed E-state index contributed by atoms with van der Waals surface area (Å²) in [6, 6.07) is 25.1. The molecule has 1 N–H and O–H groups in total. The van der Waals surface area contributed by atoms with Crippen molar-refractivity contribution in [1.29, 1.82) is 5.26 Å². The van der Waals surface area contributed by atoms with Crippen molar-refractivity contribution in [2.75, 3.05) is 13.2 Å². The molecule has 2 aromatic carbocycles. The molecule has 0 bridgehead atoms. The summed E-state index contributed by atoms with van der Waals surface area (Å²) in [4.78, 5) is 16.2. The molecule has 0 saturated carbocycles. The fourth-order valence-corrected chi connectivity index (χ4v) is 2.89. The number of nitrogens with zero attached hydrogens (tertiary/aromatic N) is 2. The summed E-state index contributed by atoms with van der Waals surface area (Å²) in [6.07, 6.45) is 4.52. The SMILES string of the molecule is N#CC(=Cc1cccc(OCCC(=O)NCCc2ccccc2)c1)c1ccccn1. The topological polar surface area (TPSA) is 75.0 Å². The molecule has 0 aliphatic carbocycles. The molecule has 0 saturated heterocycles. The third-order valence-electron chi connectivity index (χ3n) is 4.41. The Kier molecular flexibility index (Phi) is 7.76. The van der Waals surface area contributed by atoms with Crippen molar-refractivity contribution in [2.24, 2.45) is 0 Å². The zero-order valence-electron chi connectivity index (χ0n) is 16.6. The average molecular weight is 397 g/mol. The van der Waals surface area contributed by atoms with Gasteiger partial charge in [0.1, 0.15) is 11.8 Å². The lowest BCUT2D eigenvalue weighted by Crippen LogP contribution is -2.27. The first-order valence-electron chi connectivity index (χ1n) is 9.81. The van der Waals surface area contributed by atoms with E-state index in [1.54, 1.807) is 18.3 Å². The second-order valence-corrected chi connectivity index (χ2v) is 6.64. The number of carbonyl (C=O) groups excluding carboxylic acids is 1. The van der Waals surface area contributed by atoms with Crippen molar-refractivity contribution in [3.05, 3.63) is 95.8 Å². The number of benzene rings is 2. The summed E-state index contributed by atoms with van der Waals surface area (Å²) in [5, 5.41) is 12.3. The summed E-state index contributed by atoms with van der Waals surface area (Å²) in [5.41, 5.74) is 3.13. The molecular formula is C25H23N3O2. The Labute approximate surface area is 176 Å². The fourth-order valence-electron chi connectivity index (χ4n) is 2.89. The Morgan fingerprint density at radius 1 is 1.07 bits per heavy atom. The number of rotatable bonds is 9. The Bertz CT molecular complexity index is 1030. The quantitative estimate of drug-likeness (QED) is 0.547. The highest BCUT2D eigenvalue weighted by molar-refractivity contribution is 5.88. The van der Waals surface area contributed by atoms with Gasteiger partial charge in [-0.25, -0.2) is 0 Å². The lowest BCUT2D eigenvalue weighted by molar-refractivity contribution is -0.121. The zero-order valence-corrected chi connectivity index (χ0v) is 16.6. The summed E-state index contributed by atoms with van der Waals surface area (Å²) in [7, 11) is 0. The molecule has 3 aromatic rings. The second kappa shape index (κ2) is 11.2. The van der Waals surface area contributed by atoms with Gasteiger partial charge in [0.2, 0.25) is 5.91 Å². The Hall–Kier alpha value is -3.91. The lowest BCUT2D eigenvalue weighted by atomic mass is 10.1. The molecule has 0 aliphatic heterocycles. The van der Waals surface area contributed by atoms with Crippen LogP contribution in [0.5, 0.6) is 5.75 Å². The van der Waals surface area contributed by atoms with E-state index < -0.39 is 0 Å². The number of carbonyl (C=O) groups is 1. The Morgan fingerprint density at radius 3 is 2.67 bits per heavy atom. The van der Waals surface area contributed by atoms with Crippen molar-refractivity contribution in [1.82, 2.24) is 10.3 Å². The van der Waals surface area contributed by atoms with Crippen LogP contribution in [0.15, 0.2) is 79.0 Å². The molecule has 5 heteroatoms. The van der Waals surface area contributed by atoms with Gasteiger partial charge in [-0.3, -0.25) is 9.78 Å². The van der Waals surface area contributed by atoms with Crippen molar-refractivity contribution >= 4 is 17.6 Å². The zero-order chi connectivity index (χ0) is 21.0. The maximum absolute atomic E-state index is 12.0. The smallest absolute Gasteiger partial charge is 0.223 e. The van der Waals surface area contributed by atoms with Crippen LogP contribution in [0.25, 0.3) is 11.6 Å². The molecule has 0 fully saturated rings. The van der Waals surface area contributed by atoms with E-state index >= 15 is 0 Å². The standard InChI is InChI=1S/C25H23N3O2/c26-19-22(24-11-4-5-14-27-24)17-21-9-6-10-23(18-21)30-16-13-25(29)28-15-12-20-7-2-1-3-8-20/h1-11,14,17-18H,12-13,15-16H2,(H,28,29). The molecular weight excluding hydrogens is 374 g/mol. The van der Waals surface area contributed by atoms with Gasteiger partial charge in [0.25, 0.3) is 0 Å².